The van der Waals surface area contributed by atoms with E-state index in [-0.39, 0.29) is 11.9 Å². The molecule has 1 aliphatic heterocycles. The fourth-order valence-electron chi connectivity index (χ4n) is 2.80. The number of hydrogen-bond acceptors (Lipinski definition) is 2. The second-order valence-electron chi connectivity index (χ2n) is 5.33. The molecule has 18 heavy (non-hydrogen) atoms. The first kappa shape index (κ1) is 13.1. The highest BCUT2D eigenvalue weighted by molar-refractivity contribution is 5.97. The summed E-state index contributed by atoms with van der Waals surface area (Å²) in [5.74, 6) is 0.180. The SMILES string of the molecule is Cc1cc(C)c(C(=O)N2CCNCC2C)c(C)c1. The van der Waals surface area contributed by atoms with Gasteiger partial charge >= 0.3 is 0 Å². The summed E-state index contributed by atoms with van der Waals surface area (Å²) in [7, 11) is 0. The highest BCUT2D eigenvalue weighted by atomic mass is 16.2. The molecule has 1 N–H and O–H groups in total. The number of carbonyl (C=O) groups excluding carboxylic acids is 1. The molecule has 0 radical (unpaired) electrons. The summed E-state index contributed by atoms with van der Waals surface area (Å²) in [6.07, 6.45) is 0. The quantitative estimate of drug-likeness (QED) is 0.822. The molecular formula is C15H22N2O. The molecule has 1 atom stereocenters. The van der Waals surface area contributed by atoms with Gasteiger partial charge in [0.25, 0.3) is 5.91 Å². The Labute approximate surface area is 109 Å². The number of hydrogen-bond donors (Lipinski definition) is 1. The van der Waals surface area contributed by atoms with E-state index in [1.165, 1.54) is 5.56 Å². The molecule has 3 heteroatoms. The normalized spacial score (nSPS) is 20.0. The number of rotatable bonds is 1. The number of aryl methyl sites for hydroxylation is 3. The summed E-state index contributed by atoms with van der Waals surface area (Å²) >= 11 is 0. The van der Waals surface area contributed by atoms with Crippen LogP contribution in [-0.2, 0) is 0 Å². The predicted molar refractivity (Wildman–Crippen MR) is 74.0 cm³/mol. The molecule has 98 valence electrons. The van der Waals surface area contributed by atoms with Gasteiger partial charge in [-0.05, 0) is 38.8 Å². The Kier molecular flexibility index (Phi) is 3.71. The molecule has 1 aromatic rings. The molecule has 1 fully saturated rings. The van der Waals surface area contributed by atoms with Crippen molar-refractivity contribution in [2.45, 2.75) is 33.7 Å². The minimum atomic E-state index is 0.180. The Balaban J connectivity index is 2.33. The predicted octanol–water partition coefficient (Wildman–Crippen LogP) is 2.05. The molecular weight excluding hydrogens is 224 g/mol. The summed E-state index contributed by atoms with van der Waals surface area (Å²) in [5, 5.41) is 3.32. The number of amides is 1. The van der Waals surface area contributed by atoms with Crippen LogP contribution < -0.4 is 5.32 Å². The maximum absolute atomic E-state index is 12.7. The van der Waals surface area contributed by atoms with Gasteiger partial charge in [0, 0.05) is 31.2 Å². The molecule has 1 aromatic carbocycles. The van der Waals surface area contributed by atoms with E-state index in [1.807, 2.05) is 18.7 Å². The summed E-state index contributed by atoms with van der Waals surface area (Å²) in [6, 6.07) is 4.45. The third-order valence-corrected chi connectivity index (χ3v) is 3.65. The van der Waals surface area contributed by atoms with Gasteiger partial charge in [-0.2, -0.15) is 0 Å². The fraction of sp³-hybridized carbons (Fsp3) is 0.533. The van der Waals surface area contributed by atoms with Crippen molar-refractivity contribution in [1.29, 1.82) is 0 Å². The monoisotopic (exact) mass is 246 g/mol. The lowest BCUT2D eigenvalue weighted by molar-refractivity contribution is 0.0654. The molecule has 1 unspecified atom stereocenters. The Morgan fingerprint density at radius 1 is 1.28 bits per heavy atom. The van der Waals surface area contributed by atoms with Crippen molar-refractivity contribution in [1.82, 2.24) is 10.2 Å². The number of nitrogens with one attached hydrogen (secondary N) is 1. The van der Waals surface area contributed by atoms with Crippen LogP contribution in [-0.4, -0.2) is 36.5 Å². The summed E-state index contributed by atoms with van der Waals surface area (Å²) < 4.78 is 0. The molecule has 0 bridgehead atoms. The zero-order chi connectivity index (χ0) is 13.3. The van der Waals surface area contributed by atoms with E-state index < -0.39 is 0 Å². The molecule has 1 aliphatic rings. The highest BCUT2D eigenvalue weighted by Crippen LogP contribution is 2.20. The lowest BCUT2D eigenvalue weighted by atomic mass is 9.98. The average molecular weight is 246 g/mol. The van der Waals surface area contributed by atoms with E-state index >= 15 is 0 Å². The van der Waals surface area contributed by atoms with Crippen LogP contribution in [0.15, 0.2) is 12.1 Å². The van der Waals surface area contributed by atoms with Gasteiger partial charge in [0.2, 0.25) is 0 Å². The van der Waals surface area contributed by atoms with E-state index in [0.29, 0.717) is 0 Å². The zero-order valence-corrected chi connectivity index (χ0v) is 11.7. The van der Waals surface area contributed by atoms with Gasteiger partial charge in [0.05, 0.1) is 0 Å². The Hall–Kier alpha value is -1.35. The molecule has 3 nitrogen and oxygen atoms in total. The third kappa shape index (κ3) is 2.41. The molecule has 2 rings (SSSR count). The van der Waals surface area contributed by atoms with Gasteiger partial charge in [0.1, 0.15) is 0 Å². The second-order valence-corrected chi connectivity index (χ2v) is 5.33. The maximum atomic E-state index is 12.7. The first-order valence-corrected chi connectivity index (χ1v) is 6.60. The number of piperazine rings is 1. The average Bonchev–Trinajstić information content (AvgIpc) is 2.27. The Morgan fingerprint density at radius 3 is 2.44 bits per heavy atom. The van der Waals surface area contributed by atoms with Crippen LogP contribution in [0, 0.1) is 20.8 Å². The molecule has 0 aliphatic carbocycles. The van der Waals surface area contributed by atoms with E-state index in [4.69, 9.17) is 0 Å². The largest absolute Gasteiger partial charge is 0.333 e. The van der Waals surface area contributed by atoms with Gasteiger partial charge in [0.15, 0.2) is 0 Å². The molecule has 0 aromatic heterocycles. The van der Waals surface area contributed by atoms with Crippen molar-refractivity contribution in [2.24, 2.45) is 0 Å². The summed E-state index contributed by atoms with van der Waals surface area (Å²) in [4.78, 5) is 14.6. The van der Waals surface area contributed by atoms with Crippen LogP contribution in [0.3, 0.4) is 0 Å². The van der Waals surface area contributed by atoms with Crippen molar-refractivity contribution in [3.05, 3.63) is 34.4 Å². The topological polar surface area (TPSA) is 32.3 Å². The lowest BCUT2D eigenvalue weighted by Crippen LogP contribution is -2.52. The highest BCUT2D eigenvalue weighted by Gasteiger charge is 2.26. The number of carbonyl (C=O) groups is 1. The van der Waals surface area contributed by atoms with Gasteiger partial charge in [-0.25, -0.2) is 0 Å². The second kappa shape index (κ2) is 5.11. The van der Waals surface area contributed by atoms with Crippen molar-refractivity contribution < 1.29 is 4.79 Å². The van der Waals surface area contributed by atoms with Gasteiger partial charge in [-0.3, -0.25) is 4.79 Å². The van der Waals surface area contributed by atoms with Crippen LogP contribution in [0.4, 0.5) is 0 Å². The Morgan fingerprint density at radius 2 is 1.89 bits per heavy atom. The van der Waals surface area contributed by atoms with Crippen molar-refractivity contribution in [2.75, 3.05) is 19.6 Å². The van der Waals surface area contributed by atoms with Gasteiger partial charge in [-0.15, -0.1) is 0 Å². The van der Waals surface area contributed by atoms with Crippen LogP contribution in [0.1, 0.15) is 34.0 Å². The molecule has 0 saturated carbocycles. The van der Waals surface area contributed by atoms with E-state index in [2.05, 4.69) is 31.3 Å². The van der Waals surface area contributed by atoms with Gasteiger partial charge < -0.3 is 10.2 Å². The summed E-state index contributed by atoms with van der Waals surface area (Å²) in [5.41, 5.74) is 4.27. The van der Waals surface area contributed by atoms with E-state index in [1.54, 1.807) is 0 Å². The lowest BCUT2D eigenvalue weighted by Gasteiger charge is -2.34. The minimum absolute atomic E-state index is 0.180. The zero-order valence-electron chi connectivity index (χ0n) is 11.7. The third-order valence-electron chi connectivity index (χ3n) is 3.65. The smallest absolute Gasteiger partial charge is 0.254 e. The molecule has 1 heterocycles. The molecule has 1 saturated heterocycles. The van der Waals surface area contributed by atoms with Crippen molar-refractivity contribution >= 4 is 5.91 Å². The minimum Gasteiger partial charge on any atom is -0.333 e. The van der Waals surface area contributed by atoms with Crippen LogP contribution in [0.2, 0.25) is 0 Å². The van der Waals surface area contributed by atoms with Crippen LogP contribution >= 0.6 is 0 Å². The van der Waals surface area contributed by atoms with Crippen molar-refractivity contribution in [3.8, 4) is 0 Å². The van der Waals surface area contributed by atoms with E-state index in [0.717, 1.165) is 36.3 Å². The first-order chi connectivity index (χ1) is 8.50. The number of benzene rings is 1. The Bertz CT molecular complexity index is 445. The molecule has 1 amide bonds. The molecule has 0 spiro atoms. The fourth-order valence-corrected chi connectivity index (χ4v) is 2.80. The van der Waals surface area contributed by atoms with E-state index in [9.17, 15) is 4.79 Å². The van der Waals surface area contributed by atoms with Gasteiger partial charge in [-0.1, -0.05) is 17.7 Å². The standard InChI is InChI=1S/C15H22N2O/c1-10-7-11(2)14(12(3)8-10)15(18)17-6-5-16-9-13(17)4/h7-8,13,16H,5-6,9H2,1-4H3. The summed E-state index contributed by atoms with van der Waals surface area (Å²) in [6.45, 7) is 10.8. The maximum Gasteiger partial charge on any atom is 0.254 e. The number of nitrogens with zero attached hydrogens (tertiary/aromatic N) is 1. The first-order valence-electron chi connectivity index (χ1n) is 6.60. The van der Waals surface area contributed by atoms with Crippen molar-refractivity contribution in [3.63, 3.8) is 0 Å². The van der Waals surface area contributed by atoms with Crippen LogP contribution in [0.25, 0.3) is 0 Å². The van der Waals surface area contributed by atoms with Crippen LogP contribution in [0.5, 0.6) is 0 Å².